The molecule has 2 aliphatic heterocycles. The van der Waals surface area contributed by atoms with Crippen LogP contribution in [0.5, 0.6) is 11.5 Å². The van der Waals surface area contributed by atoms with Gasteiger partial charge in [0.15, 0.2) is 22.4 Å². The summed E-state index contributed by atoms with van der Waals surface area (Å²) in [4.78, 5) is 23.9. The van der Waals surface area contributed by atoms with E-state index in [1.54, 1.807) is 24.3 Å². The summed E-state index contributed by atoms with van der Waals surface area (Å²) in [6.45, 7) is 1.89. The maximum absolute atomic E-state index is 12.8. The van der Waals surface area contributed by atoms with Crippen molar-refractivity contribution in [2.24, 2.45) is 0 Å². The smallest absolute Gasteiger partial charge is 0.341 e. The van der Waals surface area contributed by atoms with Crippen LogP contribution >= 0.6 is 24.0 Å². The highest BCUT2D eigenvalue weighted by Crippen LogP contribution is 2.35. The van der Waals surface area contributed by atoms with Crippen molar-refractivity contribution in [1.29, 1.82) is 0 Å². The molecule has 3 rings (SSSR count). The average Bonchev–Trinajstić information content (AvgIpc) is 2.94. The van der Waals surface area contributed by atoms with E-state index in [9.17, 15) is 9.59 Å². The largest absolute Gasteiger partial charge is 0.493 e. The van der Waals surface area contributed by atoms with Gasteiger partial charge in [-0.25, -0.2) is 14.8 Å². The van der Waals surface area contributed by atoms with Crippen molar-refractivity contribution >= 4 is 46.3 Å². The molecule has 2 saturated heterocycles. The molecule has 2 fully saturated rings. The van der Waals surface area contributed by atoms with E-state index < -0.39 is 12.6 Å². The van der Waals surface area contributed by atoms with E-state index in [1.807, 2.05) is 5.01 Å². The van der Waals surface area contributed by atoms with Crippen molar-refractivity contribution in [3.63, 3.8) is 0 Å². The predicted molar refractivity (Wildman–Crippen MR) is 104 cm³/mol. The minimum absolute atomic E-state index is 0.169. The molecule has 8 nitrogen and oxygen atoms in total. The van der Waals surface area contributed by atoms with E-state index >= 15 is 0 Å². The highest BCUT2D eigenvalue weighted by atomic mass is 32.2. The lowest BCUT2D eigenvalue weighted by Crippen LogP contribution is -2.50. The molecule has 0 aliphatic carbocycles. The zero-order valence-electron chi connectivity index (χ0n) is 14.5. The number of carboxylic acid groups (broad SMARTS) is 1. The number of carboxylic acids is 1. The highest BCUT2D eigenvalue weighted by molar-refractivity contribution is 8.26. The van der Waals surface area contributed by atoms with Gasteiger partial charge in [-0.15, -0.1) is 0 Å². The molecule has 0 spiro atoms. The number of ether oxygens (including phenoxy) is 3. The van der Waals surface area contributed by atoms with Crippen LogP contribution in [0.25, 0.3) is 6.08 Å². The number of hydrogen-bond acceptors (Lipinski definition) is 8. The molecule has 0 radical (unpaired) electrons. The zero-order chi connectivity index (χ0) is 19.4. The summed E-state index contributed by atoms with van der Waals surface area (Å²) in [5, 5.41) is 12.1. The number of aliphatic carboxylic acids is 1. The topological polar surface area (TPSA) is 88.5 Å². The molecule has 2 aliphatic rings. The number of thiocarbonyl (C=S) groups is 1. The summed E-state index contributed by atoms with van der Waals surface area (Å²) in [5.74, 6) is -0.545. The number of hydrazine groups is 1. The van der Waals surface area contributed by atoms with Gasteiger partial charge in [-0.3, -0.25) is 4.79 Å². The van der Waals surface area contributed by atoms with Gasteiger partial charge in [0, 0.05) is 13.1 Å². The molecular formula is C17H18N2O6S2. The SMILES string of the molecule is COc1cc(/C=C2/SC(=S)N(N3CCOCC3)C2=O)ccc1OCC(=O)O. The van der Waals surface area contributed by atoms with Crippen molar-refractivity contribution in [1.82, 2.24) is 10.0 Å². The Morgan fingerprint density at radius 1 is 1.37 bits per heavy atom. The lowest BCUT2D eigenvalue weighted by Gasteiger charge is -2.33. The van der Waals surface area contributed by atoms with Crippen molar-refractivity contribution in [3.8, 4) is 11.5 Å². The first-order chi connectivity index (χ1) is 13.0. The molecule has 0 aromatic heterocycles. The fourth-order valence-corrected chi connectivity index (χ4v) is 3.95. The molecule has 1 aromatic rings. The second-order valence-electron chi connectivity index (χ2n) is 5.65. The Bertz CT molecular complexity index is 792. The lowest BCUT2D eigenvalue weighted by atomic mass is 10.2. The van der Waals surface area contributed by atoms with Crippen LogP contribution in [-0.2, 0) is 14.3 Å². The van der Waals surface area contributed by atoms with Gasteiger partial charge in [0.2, 0.25) is 0 Å². The van der Waals surface area contributed by atoms with Crippen molar-refractivity contribution in [2.45, 2.75) is 0 Å². The third kappa shape index (κ3) is 4.59. The Balaban J connectivity index is 1.78. The molecule has 1 amide bonds. The Morgan fingerprint density at radius 3 is 2.78 bits per heavy atom. The summed E-state index contributed by atoms with van der Waals surface area (Å²) < 4.78 is 16.2. The Labute approximate surface area is 165 Å². The molecule has 144 valence electrons. The van der Waals surface area contributed by atoms with Gasteiger partial charge in [-0.05, 0) is 23.8 Å². The van der Waals surface area contributed by atoms with Gasteiger partial charge >= 0.3 is 5.97 Å². The summed E-state index contributed by atoms with van der Waals surface area (Å²) >= 11 is 6.60. The number of rotatable bonds is 6. The van der Waals surface area contributed by atoms with Gasteiger partial charge in [0.25, 0.3) is 5.91 Å². The predicted octanol–water partition coefficient (Wildman–Crippen LogP) is 1.61. The molecular weight excluding hydrogens is 392 g/mol. The van der Waals surface area contributed by atoms with Crippen molar-refractivity contribution < 1.29 is 28.9 Å². The zero-order valence-corrected chi connectivity index (χ0v) is 16.2. The number of thioether (sulfide) groups is 1. The summed E-state index contributed by atoms with van der Waals surface area (Å²) in [5.41, 5.74) is 0.719. The summed E-state index contributed by atoms with van der Waals surface area (Å²) in [7, 11) is 1.46. The third-order valence-electron chi connectivity index (χ3n) is 3.88. The van der Waals surface area contributed by atoms with E-state index in [2.05, 4.69) is 0 Å². The van der Waals surface area contributed by atoms with Crippen LogP contribution in [0.1, 0.15) is 5.56 Å². The minimum Gasteiger partial charge on any atom is -0.493 e. The molecule has 0 unspecified atom stereocenters. The molecule has 0 atom stereocenters. The normalized spacial score (nSPS) is 19.6. The maximum Gasteiger partial charge on any atom is 0.341 e. The van der Waals surface area contributed by atoms with Crippen LogP contribution in [-0.4, -0.2) is 71.3 Å². The summed E-state index contributed by atoms with van der Waals surface area (Å²) in [6, 6.07) is 5.01. The van der Waals surface area contributed by atoms with Crippen molar-refractivity contribution in [3.05, 3.63) is 28.7 Å². The maximum atomic E-state index is 12.8. The first-order valence-electron chi connectivity index (χ1n) is 8.13. The summed E-state index contributed by atoms with van der Waals surface area (Å²) in [6.07, 6.45) is 1.73. The Morgan fingerprint density at radius 2 is 2.11 bits per heavy atom. The Kier molecular flexibility index (Phi) is 6.32. The van der Waals surface area contributed by atoms with Gasteiger partial charge in [0.1, 0.15) is 0 Å². The number of benzene rings is 1. The number of nitrogens with zero attached hydrogens (tertiary/aromatic N) is 2. The molecule has 2 heterocycles. The van der Waals surface area contributed by atoms with Gasteiger partial charge in [-0.1, -0.05) is 30.0 Å². The Hall–Kier alpha value is -2.14. The van der Waals surface area contributed by atoms with E-state index in [0.717, 1.165) is 5.56 Å². The molecule has 1 aromatic carbocycles. The van der Waals surface area contributed by atoms with Gasteiger partial charge in [-0.2, -0.15) is 0 Å². The van der Waals surface area contributed by atoms with Crippen LogP contribution in [0.15, 0.2) is 23.1 Å². The number of carbonyl (C=O) groups excluding carboxylic acids is 1. The number of carbonyl (C=O) groups is 2. The average molecular weight is 410 g/mol. The molecule has 0 bridgehead atoms. The van der Waals surface area contributed by atoms with E-state index in [0.29, 0.717) is 47.0 Å². The van der Waals surface area contributed by atoms with Gasteiger partial charge in [0.05, 0.1) is 25.2 Å². The lowest BCUT2D eigenvalue weighted by molar-refractivity contribution is -0.139. The first kappa shape index (κ1) is 19.6. The van der Waals surface area contributed by atoms with E-state index in [4.69, 9.17) is 31.5 Å². The second-order valence-corrected chi connectivity index (χ2v) is 7.33. The standard InChI is InChI=1S/C17H18N2O6S2/c1-23-13-8-11(2-3-12(13)25-10-15(20)21)9-14-16(22)19(17(26)27-14)18-4-6-24-7-5-18/h2-3,8-9H,4-7,10H2,1H3,(H,20,21)/b14-9+. The molecule has 10 heteroatoms. The number of morpholine rings is 1. The second kappa shape index (κ2) is 8.70. The quantitative estimate of drug-likeness (QED) is 0.555. The van der Waals surface area contributed by atoms with Crippen LogP contribution in [0.2, 0.25) is 0 Å². The molecule has 27 heavy (non-hydrogen) atoms. The third-order valence-corrected chi connectivity index (χ3v) is 5.16. The minimum atomic E-state index is -1.08. The molecule has 1 N–H and O–H groups in total. The fourth-order valence-electron chi connectivity index (χ4n) is 2.64. The van der Waals surface area contributed by atoms with Crippen LogP contribution in [0.3, 0.4) is 0 Å². The van der Waals surface area contributed by atoms with E-state index in [1.165, 1.54) is 23.9 Å². The van der Waals surface area contributed by atoms with E-state index in [-0.39, 0.29) is 5.91 Å². The molecule has 0 saturated carbocycles. The first-order valence-corrected chi connectivity index (χ1v) is 9.35. The number of hydrogen-bond donors (Lipinski definition) is 1. The van der Waals surface area contributed by atoms with Crippen LogP contribution in [0, 0.1) is 0 Å². The van der Waals surface area contributed by atoms with Crippen LogP contribution < -0.4 is 9.47 Å². The monoisotopic (exact) mass is 410 g/mol. The number of amides is 1. The highest BCUT2D eigenvalue weighted by Gasteiger charge is 2.36. The van der Waals surface area contributed by atoms with Crippen molar-refractivity contribution in [2.75, 3.05) is 40.0 Å². The van der Waals surface area contributed by atoms with Gasteiger partial charge < -0.3 is 19.3 Å². The van der Waals surface area contributed by atoms with Crippen LogP contribution in [0.4, 0.5) is 0 Å². The number of methoxy groups -OCH3 is 1. The fraction of sp³-hybridized carbons (Fsp3) is 0.353.